The van der Waals surface area contributed by atoms with E-state index in [0.717, 1.165) is 31.3 Å². The Balaban J connectivity index is 1.58. The maximum absolute atomic E-state index is 13.2. The molecule has 3 N–H and O–H groups in total. The quantitative estimate of drug-likeness (QED) is 0.399. The lowest BCUT2D eigenvalue weighted by Crippen LogP contribution is -2.59. The molecule has 3 unspecified atom stereocenters. The molecule has 1 aliphatic carbocycles. The number of fused-ring (bicyclic) bond motifs is 1. The van der Waals surface area contributed by atoms with Crippen LogP contribution in [0.3, 0.4) is 0 Å². The van der Waals surface area contributed by atoms with Gasteiger partial charge in [0.15, 0.2) is 0 Å². The normalized spacial score (nSPS) is 25.4. The summed E-state index contributed by atoms with van der Waals surface area (Å²) >= 11 is 0. The van der Waals surface area contributed by atoms with Crippen molar-refractivity contribution in [1.29, 1.82) is 0 Å². The Labute approximate surface area is 182 Å². The summed E-state index contributed by atoms with van der Waals surface area (Å²) < 4.78 is 0. The molecule has 3 atom stereocenters. The summed E-state index contributed by atoms with van der Waals surface area (Å²) in [6.45, 7) is 4.79. The molecule has 9 nitrogen and oxygen atoms in total. The van der Waals surface area contributed by atoms with Gasteiger partial charge >= 0.3 is 6.03 Å². The molecule has 0 spiro atoms. The molecular weight excluding hydrogens is 398 g/mol. The van der Waals surface area contributed by atoms with Crippen molar-refractivity contribution >= 4 is 29.6 Å². The van der Waals surface area contributed by atoms with E-state index in [0.29, 0.717) is 18.9 Å². The minimum absolute atomic E-state index is 0.194. The molecule has 0 bridgehead atoms. The minimum atomic E-state index is -0.728. The van der Waals surface area contributed by atoms with Crippen molar-refractivity contribution in [1.82, 2.24) is 20.9 Å². The highest BCUT2D eigenvalue weighted by atomic mass is 16.2. The highest BCUT2D eigenvalue weighted by Crippen LogP contribution is 2.29. The average Bonchev–Trinajstić information content (AvgIpc) is 2.73. The van der Waals surface area contributed by atoms with Crippen LogP contribution in [0.25, 0.3) is 0 Å². The molecule has 1 fully saturated rings. The summed E-state index contributed by atoms with van der Waals surface area (Å²) in [7, 11) is 0. The van der Waals surface area contributed by atoms with E-state index in [2.05, 4.69) is 27.9 Å². The van der Waals surface area contributed by atoms with E-state index >= 15 is 0 Å². The lowest BCUT2D eigenvalue weighted by Gasteiger charge is -2.39. The number of hydrogen-bond donors (Lipinski definition) is 3. The number of aliphatic imine (C=N–C) groups is 1. The fraction of sp³-hybridized carbons (Fsp3) is 0.591. The number of rotatable bonds is 8. The van der Waals surface area contributed by atoms with Gasteiger partial charge in [-0.25, -0.2) is 4.79 Å². The van der Waals surface area contributed by atoms with E-state index < -0.39 is 17.9 Å². The molecule has 3 aliphatic rings. The molecule has 5 amide bonds. The summed E-state index contributed by atoms with van der Waals surface area (Å²) in [5, 5.41) is 7.96. The molecule has 0 saturated carbocycles. The van der Waals surface area contributed by atoms with Crippen molar-refractivity contribution in [2.45, 2.75) is 64.5 Å². The molecular formula is C22H31N5O4. The number of hydrogen-bond acceptors (Lipinski definition) is 5. The van der Waals surface area contributed by atoms with Crippen LogP contribution in [0.4, 0.5) is 4.79 Å². The Kier molecular flexibility index (Phi) is 7.59. The van der Waals surface area contributed by atoms with E-state index in [9.17, 15) is 19.2 Å². The van der Waals surface area contributed by atoms with Crippen molar-refractivity contribution in [3.8, 4) is 0 Å². The Morgan fingerprint density at radius 1 is 1.23 bits per heavy atom. The fourth-order valence-electron chi connectivity index (χ4n) is 4.09. The van der Waals surface area contributed by atoms with E-state index in [1.54, 1.807) is 6.92 Å². The molecule has 2 aliphatic heterocycles. The van der Waals surface area contributed by atoms with Gasteiger partial charge in [0, 0.05) is 19.5 Å². The van der Waals surface area contributed by atoms with Gasteiger partial charge in [0.1, 0.15) is 11.9 Å². The predicted molar refractivity (Wildman–Crippen MR) is 116 cm³/mol. The van der Waals surface area contributed by atoms with Crippen LogP contribution in [0.15, 0.2) is 28.8 Å². The van der Waals surface area contributed by atoms with Gasteiger partial charge in [-0.2, -0.15) is 0 Å². The van der Waals surface area contributed by atoms with Crippen LogP contribution in [-0.2, 0) is 14.4 Å². The van der Waals surface area contributed by atoms with Gasteiger partial charge in [-0.05, 0) is 25.3 Å². The van der Waals surface area contributed by atoms with Crippen molar-refractivity contribution < 1.29 is 19.2 Å². The zero-order valence-electron chi connectivity index (χ0n) is 18.1. The van der Waals surface area contributed by atoms with Crippen LogP contribution in [0, 0.1) is 5.92 Å². The van der Waals surface area contributed by atoms with E-state index in [-0.39, 0.29) is 36.7 Å². The molecule has 0 aromatic rings. The van der Waals surface area contributed by atoms with Crippen LogP contribution in [0.5, 0.6) is 0 Å². The first kappa shape index (κ1) is 22.7. The Morgan fingerprint density at radius 2 is 2.03 bits per heavy atom. The molecule has 31 heavy (non-hydrogen) atoms. The van der Waals surface area contributed by atoms with Crippen molar-refractivity contribution in [3.05, 3.63) is 23.8 Å². The molecule has 1 saturated heterocycles. The molecule has 2 heterocycles. The van der Waals surface area contributed by atoms with Gasteiger partial charge in [0.05, 0.1) is 12.0 Å². The van der Waals surface area contributed by atoms with E-state index in [1.807, 2.05) is 18.2 Å². The van der Waals surface area contributed by atoms with Gasteiger partial charge in [-0.15, -0.1) is 0 Å². The number of carbonyl (C=O) groups excluding carboxylic acids is 4. The molecule has 3 rings (SSSR count). The standard InChI is InChI=1S/C22H31N5O4/c1-3-4-5-6-11-23-22(31)24-13-15-7-8-17-16(12-15)21(30)27(14(2)25-17)18-9-10-19(28)26-20(18)29/h7-8,12,16-18H,3-6,9-11,13H2,1-2H3,(H2,23,24,31)(H,26,28,29). The van der Waals surface area contributed by atoms with Gasteiger partial charge in [0.2, 0.25) is 17.7 Å². The van der Waals surface area contributed by atoms with Crippen LogP contribution >= 0.6 is 0 Å². The summed E-state index contributed by atoms with van der Waals surface area (Å²) in [6, 6.07) is -1.29. The SMILES string of the molecule is CCCCCCNC(=O)NCC1=CC2C(=O)N(C3CCC(=O)NC3=O)C(C)=NC2C=C1. The first-order chi connectivity index (χ1) is 14.9. The number of unbranched alkanes of at least 4 members (excludes halogenated alkanes) is 3. The largest absolute Gasteiger partial charge is 0.338 e. The van der Waals surface area contributed by atoms with Gasteiger partial charge in [-0.3, -0.25) is 29.6 Å². The lowest BCUT2D eigenvalue weighted by atomic mass is 9.88. The van der Waals surface area contributed by atoms with Crippen molar-refractivity contribution in [2.24, 2.45) is 10.9 Å². The third-order valence-corrected chi connectivity index (χ3v) is 5.77. The molecule has 168 valence electrons. The smallest absolute Gasteiger partial charge is 0.315 e. The van der Waals surface area contributed by atoms with Crippen molar-refractivity contribution in [3.63, 3.8) is 0 Å². The Morgan fingerprint density at radius 3 is 2.77 bits per heavy atom. The van der Waals surface area contributed by atoms with Crippen LogP contribution < -0.4 is 16.0 Å². The third kappa shape index (κ3) is 5.59. The third-order valence-electron chi connectivity index (χ3n) is 5.77. The number of amides is 5. The summed E-state index contributed by atoms with van der Waals surface area (Å²) in [6.07, 6.45) is 10.4. The van der Waals surface area contributed by atoms with Crippen LogP contribution in [0.2, 0.25) is 0 Å². The van der Waals surface area contributed by atoms with Crippen LogP contribution in [0.1, 0.15) is 52.4 Å². The molecule has 0 aromatic carbocycles. The Hall–Kier alpha value is -2.97. The first-order valence-electron chi connectivity index (χ1n) is 11.0. The number of amidine groups is 1. The van der Waals surface area contributed by atoms with Gasteiger partial charge in [0.25, 0.3) is 0 Å². The number of piperidine rings is 1. The highest BCUT2D eigenvalue weighted by Gasteiger charge is 2.43. The number of nitrogens with one attached hydrogen (secondary N) is 3. The molecule has 9 heteroatoms. The Bertz CT molecular complexity index is 832. The second-order valence-corrected chi connectivity index (χ2v) is 8.14. The molecule has 0 aromatic heterocycles. The first-order valence-corrected chi connectivity index (χ1v) is 11.0. The second kappa shape index (κ2) is 10.4. The highest BCUT2D eigenvalue weighted by molar-refractivity contribution is 6.08. The maximum Gasteiger partial charge on any atom is 0.315 e. The van der Waals surface area contributed by atoms with Gasteiger partial charge < -0.3 is 10.6 Å². The average molecular weight is 430 g/mol. The lowest BCUT2D eigenvalue weighted by molar-refractivity contribution is -0.144. The number of nitrogens with zero attached hydrogens (tertiary/aromatic N) is 2. The zero-order chi connectivity index (χ0) is 22.4. The zero-order valence-corrected chi connectivity index (χ0v) is 18.1. The molecule has 0 radical (unpaired) electrons. The summed E-state index contributed by atoms with van der Waals surface area (Å²) in [4.78, 5) is 54.9. The fourth-order valence-corrected chi connectivity index (χ4v) is 4.09. The van der Waals surface area contributed by atoms with E-state index in [1.165, 1.54) is 4.90 Å². The second-order valence-electron chi connectivity index (χ2n) is 8.14. The predicted octanol–water partition coefficient (Wildman–Crippen LogP) is 1.41. The monoisotopic (exact) mass is 429 g/mol. The number of urea groups is 1. The minimum Gasteiger partial charge on any atom is -0.338 e. The van der Waals surface area contributed by atoms with Crippen LogP contribution in [-0.4, -0.2) is 59.7 Å². The van der Waals surface area contributed by atoms with Crippen molar-refractivity contribution in [2.75, 3.05) is 13.1 Å². The number of carbonyl (C=O) groups is 4. The summed E-state index contributed by atoms with van der Waals surface area (Å²) in [5.74, 6) is -1.06. The topological polar surface area (TPSA) is 120 Å². The number of imide groups is 1. The summed E-state index contributed by atoms with van der Waals surface area (Å²) in [5.41, 5.74) is 0.814. The van der Waals surface area contributed by atoms with E-state index in [4.69, 9.17) is 0 Å². The maximum atomic E-state index is 13.2. The van der Waals surface area contributed by atoms with Gasteiger partial charge in [-0.1, -0.05) is 44.4 Å².